The molecule has 0 saturated carbocycles. The third-order valence-corrected chi connectivity index (χ3v) is 3.46. The second-order valence-corrected chi connectivity index (χ2v) is 5.10. The van der Waals surface area contributed by atoms with Gasteiger partial charge in [0.1, 0.15) is 0 Å². The molecule has 0 spiro atoms. The molecule has 2 nitrogen and oxygen atoms in total. The molecule has 1 unspecified atom stereocenters. The van der Waals surface area contributed by atoms with Crippen molar-refractivity contribution < 1.29 is 4.79 Å². The van der Waals surface area contributed by atoms with E-state index in [0.717, 1.165) is 6.42 Å². The van der Waals surface area contributed by atoms with E-state index in [2.05, 4.69) is 36.5 Å². The molecule has 0 aliphatic rings. The summed E-state index contributed by atoms with van der Waals surface area (Å²) in [4.78, 5) is 11.8. The summed E-state index contributed by atoms with van der Waals surface area (Å²) in [6, 6.07) is 20.4. The Morgan fingerprint density at radius 3 is 2.25 bits per heavy atom. The Morgan fingerprint density at radius 1 is 1.00 bits per heavy atom. The monoisotopic (exact) mass is 267 g/mol. The van der Waals surface area contributed by atoms with Gasteiger partial charge in [-0.05, 0) is 23.5 Å². The maximum atomic E-state index is 11.8. The Morgan fingerprint density at radius 2 is 1.60 bits per heavy atom. The van der Waals surface area contributed by atoms with Crippen molar-refractivity contribution >= 4 is 5.91 Å². The molecular weight excluding hydrogens is 246 g/mol. The van der Waals surface area contributed by atoms with Crippen molar-refractivity contribution in [2.45, 2.75) is 25.7 Å². The lowest BCUT2D eigenvalue weighted by Gasteiger charge is -2.13. The number of amides is 1. The fourth-order valence-electron chi connectivity index (χ4n) is 2.16. The molecule has 0 radical (unpaired) electrons. The van der Waals surface area contributed by atoms with Crippen LogP contribution in [0.3, 0.4) is 0 Å². The Kier molecular flexibility index (Phi) is 5.36. The van der Waals surface area contributed by atoms with Gasteiger partial charge in [0.25, 0.3) is 0 Å². The molecule has 0 fully saturated rings. The number of aryl methyl sites for hydroxylation is 1. The van der Waals surface area contributed by atoms with Crippen LogP contribution in [0.1, 0.15) is 30.4 Å². The maximum Gasteiger partial charge on any atom is 0.220 e. The van der Waals surface area contributed by atoms with Gasteiger partial charge in [-0.25, -0.2) is 0 Å². The van der Waals surface area contributed by atoms with Gasteiger partial charge in [0.15, 0.2) is 0 Å². The summed E-state index contributed by atoms with van der Waals surface area (Å²) in [6.07, 6.45) is 1.35. The molecule has 2 rings (SSSR count). The second-order valence-electron chi connectivity index (χ2n) is 5.10. The first-order valence-electron chi connectivity index (χ1n) is 7.11. The fraction of sp³-hybridized carbons (Fsp3) is 0.278. The largest absolute Gasteiger partial charge is 0.355 e. The molecule has 20 heavy (non-hydrogen) atoms. The summed E-state index contributed by atoms with van der Waals surface area (Å²) in [6.45, 7) is 2.82. The van der Waals surface area contributed by atoms with Crippen LogP contribution in [0.4, 0.5) is 0 Å². The molecule has 0 aliphatic carbocycles. The fourth-order valence-corrected chi connectivity index (χ4v) is 2.16. The third kappa shape index (κ3) is 4.54. The molecular formula is C18H21NO. The van der Waals surface area contributed by atoms with Crippen LogP contribution in [0.15, 0.2) is 60.7 Å². The Bertz CT molecular complexity index is 522. The summed E-state index contributed by atoms with van der Waals surface area (Å²) < 4.78 is 0. The first kappa shape index (κ1) is 14.3. The van der Waals surface area contributed by atoms with Gasteiger partial charge in [-0.2, -0.15) is 0 Å². The molecule has 0 heterocycles. The van der Waals surface area contributed by atoms with Crippen LogP contribution in [0.2, 0.25) is 0 Å². The van der Waals surface area contributed by atoms with Crippen molar-refractivity contribution in [3.05, 3.63) is 71.8 Å². The van der Waals surface area contributed by atoms with Gasteiger partial charge in [-0.1, -0.05) is 67.6 Å². The van der Waals surface area contributed by atoms with Crippen LogP contribution in [0.25, 0.3) is 0 Å². The van der Waals surface area contributed by atoms with Crippen LogP contribution < -0.4 is 5.32 Å². The first-order valence-corrected chi connectivity index (χ1v) is 7.11. The molecule has 104 valence electrons. The normalized spacial score (nSPS) is 11.8. The first-order chi connectivity index (χ1) is 9.75. The number of carbonyl (C=O) groups is 1. The summed E-state index contributed by atoms with van der Waals surface area (Å²) in [7, 11) is 0. The van der Waals surface area contributed by atoms with Gasteiger partial charge < -0.3 is 5.32 Å². The predicted molar refractivity (Wildman–Crippen MR) is 82.6 cm³/mol. The lowest BCUT2D eigenvalue weighted by Crippen LogP contribution is -2.27. The van der Waals surface area contributed by atoms with Crippen molar-refractivity contribution in [3.8, 4) is 0 Å². The molecule has 0 aromatic heterocycles. The van der Waals surface area contributed by atoms with Gasteiger partial charge in [0.05, 0.1) is 0 Å². The van der Waals surface area contributed by atoms with Crippen LogP contribution in [0, 0.1) is 0 Å². The SMILES string of the molecule is CC(CNC(=O)CCc1ccccc1)c1ccccc1. The van der Waals surface area contributed by atoms with Crippen LogP contribution >= 0.6 is 0 Å². The number of nitrogens with one attached hydrogen (secondary N) is 1. The molecule has 0 saturated heterocycles. The topological polar surface area (TPSA) is 29.1 Å². The van der Waals surface area contributed by atoms with Crippen LogP contribution in [0.5, 0.6) is 0 Å². The predicted octanol–water partition coefficient (Wildman–Crippen LogP) is 3.54. The Balaban J connectivity index is 1.73. The summed E-state index contributed by atoms with van der Waals surface area (Å²) in [5.74, 6) is 0.466. The zero-order chi connectivity index (χ0) is 14.2. The molecule has 1 amide bonds. The second kappa shape index (κ2) is 7.49. The lowest BCUT2D eigenvalue weighted by atomic mass is 10.0. The Hall–Kier alpha value is -2.09. The summed E-state index contributed by atoms with van der Waals surface area (Å²) in [5, 5.41) is 3.01. The van der Waals surface area contributed by atoms with Crippen molar-refractivity contribution in [2.75, 3.05) is 6.54 Å². The van der Waals surface area contributed by atoms with E-state index in [-0.39, 0.29) is 5.91 Å². The highest BCUT2D eigenvalue weighted by Crippen LogP contribution is 2.13. The minimum Gasteiger partial charge on any atom is -0.355 e. The number of benzene rings is 2. The Labute approximate surface area is 120 Å². The smallest absolute Gasteiger partial charge is 0.220 e. The zero-order valence-corrected chi connectivity index (χ0v) is 11.9. The highest BCUT2D eigenvalue weighted by Gasteiger charge is 2.07. The van der Waals surface area contributed by atoms with Gasteiger partial charge >= 0.3 is 0 Å². The van der Waals surface area contributed by atoms with E-state index in [0.29, 0.717) is 18.9 Å². The highest BCUT2D eigenvalue weighted by atomic mass is 16.1. The van der Waals surface area contributed by atoms with Crippen molar-refractivity contribution in [3.63, 3.8) is 0 Å². The van der Waals surface area contributed by atoms with Gasteiger partial charge in [-0.3, -0.25) is 4.79 Å². The molecule has 2 heteroatoms. The number of hydrogen-bond acceptors (Lipinski definition) is 1. The average Bonchev–Trinajstić information content (AvgIpc) is 2.52. The van der Waals surface area contributed by atoms with E-state index >= 15 is 0 Å². The number of hydrogen-bond donors (Lipinski definition) is 1. The molecule has 0 aliphatic heterocycles. The van der Waals surface area contributed by atoms with E-state index in [9.17, 15) is 4.79 Å². The average molecular weight is 267 g/mol. The van der Waals surface area contributed by atoms with E-state index in [1.54, 1.807) is 0 Å². The minimum atomic E-state index is 0.122. The standard InChI is InChI=1S/C18H21NO/c1-15(17-10-6-3-7-11-17)14-19-18(20)13-12-16-8-4-2-5-9-16/h2-11,15H,12-14H2,1H3,(H,19,20). The molecule has 1 atom stereocenters. The van der Waals surface area contributed by atoms with Crippen LogP contribution in [-0.4, -0.2) is 12.5 Å². The van der Waals surface area contributed by atoms with E-state index in [1.165, 1.54) is 11.1 Å². The van der Waals surface area contributed by atoms with E-state index in [1.807, 2.05) is 36.4 Å². The number of carbonyl (C=O) groups excluding carboxylic acids is 1. The van der Waals surface area contributed by atoms with Crippen molar-refractivity contribution in [1.29, 1.82) is 0 Å². The highest BCUT2D eigenvalue weighted by molar-refractivity contribution is 5.76. The van der Waals surface area contributed by atoms with Crippen molar-refractivity contribution in [1.82, 2.24) is 5.32 Å². The summed E-state index contributed by atoms with van der Waals surface area (Å²) >= 11 is 0. The molecule has 1 N–H and O–H groups in total. The van der Waals surface area contributed by atoms with E-state index < -0.39 is 0 Å². The van der Waals surface area contributed by atoms with Crippen LogP contribution in [-0.2, 0) is 11.2 Å². The number of rotatable bonds is 6. The molecule has 2 aromatic carbocycles. The third-order valence-electron chi connectivity index (χ3n) is 3.46. The van der Waals surface area contributed by atoms with E-state index in [4.69, 9.17) is 0 Å². The van der Waals surface area contributed by atoms with Gasteiger partial charge in [0, 0.05) is 13.0 Å². The lowest BCUT2D eigenvalue weighted by molar-refractivity contribution is -0.121. The maximum absolute atomic E-state index is 11.8. The minimum absolute atomic E-state index is 0.122. The quantitative estimate of drug-likeness (QED) is 0.852. The summed E-state index contributed by atoms with van der Waals surface area (Å²) in [5.41, 5.74) is 2.47. The molecule has 0 bridgehead atoms. The molecule has 2 aromatic rings. The van der Waals surface area contributed by atoms with Gasteiger partial charge in [-0.15, -0.1) is 0 Å². The van der Waals surface area contributed by atoms with Crippen molar-refractivity contribution in [2.24, 2.45) is 0 Å². The zero-order valence-electron chi connectivity index (χ0n) is 11.9. The van der Waals surface area contributed by atoms with Gasteiger partial charge in [0.2, 0.25) is 5.91 Å².